The molecule has 106 valence electrons. The van der Waals surface area contributed by atoms with Crippen LogP contribution in [0, 0.1) is 5.82 Å². The van der Waals surface area contributed by atoms with Crippen LogP contribution in [0.15, 0.2) is 30.3 Å². The van der Waals surface area contributed by atoms with Gasteiger partial charge in [-0.2, -0.15) is 0 Å². The number of rotatable bonds is 3. The van der Waals surface area contributed by atoms with Crippen molar-refractivity contribution in [1.29, 1.82) is 0 Å². The zero-order valence-electron chi connectivity index (χ0n) is 10.6. The Hall–Kier alpha value is -2.21. The minimum Gasteiger partial charge on any atom is -0.480 e. The predicted molar refractivity (Wildman–Crippen MR) is 69.2 cm³/mol. The van der Waals surface area contributed by atoms with Gasteiger partial charge in [0.15, 0.2) is 0 Å². The lowest BCUT2D eigenvalue weighted by atomic mass is 10.2. The summed E-state index contributed by atoms with van der Waals surface area (Å²) in [6.07, 6.45) is 1.91. The molecule has 1 fully saturated rings. The molecule has 0 bridgehead atoms. The lowest BCUT2D eigenvalue weighted by Gasteiger charge is -2.19. The van der Waals surface area contributed by atoms with E-state index in [4.69, 9.17) is 5.11 Å². The van der Waals surface area contributed by atoms with Crippen molar-refractivity contribution in [3.8, 4) is 0 Å². The third kappa shape index (κ3) is 3.21. The molecule has 1 aliphatic rings. The molecule has 2 atom stereocenters. The summed E-state index contributed by atoms with van der Waals surface area (Å²) in [7, 11) is 0. The molecule has 6 heteroatoms. The van der Waals surface area contributed by atoms with E-state index in [1.165, 1.54) is 36.4 Å². The molecule has 5 nitrogen and oxygen atoms in total. The van der Waals surface area contributed by atoms with E-state index in [0.717, 1.165) is 4.90 Å². The molecule has 1 aromatic rings. The fourth-order valence-electron chi connectivity index (χ4n) is 2.13. The summed E-state index contributed by atoms with van der Waals surface area (Å²) < 4.78 is 12.7. The van der Waals surface area contributed by atoms with E-state index >= 15 is 0 Å². The largest absolute Gasteiger partial charge is 0.480 e. The highest BCUT2D eigenvalue weighted by atomic mass is 19.1. The highest BCUT2D eigenvalue weighted by molar-refractivity contribution is 5.94. The second kappa shape index (κ2) is 5.83. The van der Waals surface area contributed by atoms with Crippen LogP contribution in [-0.2, 0) is 9.59 Å². The number of amides is 1. The van der Waals surface area contributed by atoms with Gasteiger partial charge >= 0.3 is 5.97 Å². The lowest BCUT2D eigenvalue weighted by molar-refractivity contribution is -0.146. The van der Waals surface area contributed by atoms with Crippen molar-refractivity contribution in [2.24, 2.45) is 0 Å². The number of carbonyl (C=O) groups excluding carboxylic acids is 1. The van der Waals surface area contributed by atoms with Crippen LogP contribution in [0.3, 0.4) is 0 Å². The standard InChI is InChI=1S/C14H14FNO4/c15-10-4-1-9(2-5-10)3-6-13(18)16-8-11(17)7-12(16)14(19)20/h1-6,11-12,17H,7-8H2,(H,19,20)/b6-3-/t11-,12+/m1/s1. The average molecular weight is 279 g/mol. The van der Waals surface area contributed by atoms with Crippen molar-refractivity contribution >= 4 is 18.0 Å². The molecule has 0 aromatic heterocycles. The minimum absolute atomic E-state index is 0.00353. The van der Waals surface area contributed by atoms with Gasteiger partial charge in [-0.05, 0) is 23.8 Å². The number of hydrogen-bond donors (Lipinski definition) is 2. The molecule has 1 aromatic carbocycles. The molecule has 0 aliphatic carbocycles. The molecule has 0 radical (unpaired) electrons. The first-order valence-corrected chi connectivity index (χ1v) is 6.12. The number of likely N-dealkylation sites (tertiary alicyclic amines) is 1. The molecule has 0 unspecified atom stereocenters. The van der Waals surface area contributed by atoms with Crippen LogP contribution >= 0.6 is 0 Å². The van der Waals surface area contributed by atoms with Crippen molar-refractivity contribution in [2.45, 2.75) is 18.6 Å². The molecule has 1 amide bonds. The smallest absolute Gasteiger partial charge is 0.326 e. The second-order valence-electron chi connectivity index (χ2n) is 4.62. The fraction of sp³-hybridized carbons (Fsp3) is 0.286. The maximum atomic E-state index is 12.7. The number of aliphatic carboxylic acids is 1. The molecule has 20 heavy (non-hydrogen) atoms. The van der Waals surface area contributed by atoms with Crippen LogP contribution in [-0.4, -0.2) is 45.7 Å². The molecule has 1 heterocycles. The summed E-state index contributed by atoms with van der Waals surface area (Å²) in [6.45, 7) is 0.00353. The van der Waals surface area contributed by atoms with Gasteiger partial charge in [0.2, 0.25) is 5.91 Å². The molecule has 2 N–H and O–H groups in total. The van der Waals surface area contributed by atoms with Gasteiger partial charge in [-0.3, -0.25) is 4.79 Å². The fourth-order valence-corrected chi connectivity index (χ4v) is 2.13. The SMILES string of the molecule is O=C(O)[C@@H]1C[C@@H](O)CN1C(=O)/C=C\c1ccc(F)cc1. The van der Waals surface area contributed by atoms with Crippen molar-refractivity contribution in [3.05, 3.63) is 41.7 Å². The first-order chi connectivity index (χ1) is 9.47. The third-order valence-corrected chi connectivity index (χ3v) is 3.14. The monoisotopic (exact) mass is 279 g/mol. The zero-order chi connectivity index (χ0) is 14.7. The molecular weight excluding hydrogens is 265 g/mol. The van der Waals surface area contributed by atoms with Gasteiger partial charge < -0.3 is 15.1 Å². The van der Waals surface area contributed by atoms with E-state index in [9.17, 15) is 19.1 Å². The number of carbonyl (C=O) groups is 2. The average Bonchev–Trinajstić information content (AvgIpc) is 2.80. The molecule has 1 aliphatic heterocycles. The summed E-state index contributed by atoms with van der Waals surface area (Å²) >= 11 is 0. The highest BCUT2D eigenvalue weighted by Crippen LogP contribution is 2.19. The Morgan fingerprint density at radius 2 is 1.95 bits per heavy atom. The number of β-amino-alcohol motifs (C(OH)–C–C–N with tert-alkyl or cyclic N) is 1. The topological polar surface area (TPSA) is 77.8 Å². The molecule has 0 saturated carbocycles. The van der Waals surface area contributed by atoms with Crippen molar-refractivity contribution in [2.75, 3.05) is 6.54 Å². The van der Waals surface area contributed by atoms with Gasteiger partial charge in [-0.15, -0.1) is 0 Å². The van der Waals surface area contributed by atoms with Crippen molar-refractivity contribution in [3.63, 3.8) is 0 Å². The van der Waals surface area contributed by atoms with Gasteiger partial charge in [0.1, 0.15) is 11.9 Å². The van der Waals surface area contributed by atoms with Gasteiger partial charge in [0.05, 0.1) is 6.10 Å². The summed E-state index contributed by atoms with van der Waals surface area (Å²) in [5.74, 6) is -1.99. The lowest BCUT2D eigenvalue weighted by Crippen LogP contribution is -2.39. The summed E-state index contributed by atoms with van der Waals surface area (Å²) in [4.78, 5) is 24.1. The predicted octanol–water partition coefficient (Wildman–Crippen LogP) is 0.885. The van der Waals surface area contributed by atoms with E-state index in [-0.39, 0.29) is 18.8 Å². The van der Waals surface area contributed by atoms with Gasteiger partial charge in [-0.1, -0.05) is 12.1 Å². The first kappa shape index (κ1) is 14.2. The Morgan fingerprint density at radius 1 is 1.30 bits per heavy atom. The van der Waals surface area contributed by atoms with Gasteiger partial charge in [0.25, 0.3) is 0 Å². The summed E-state index contributed by atoms with van der Waals surface area (Å²) in [6, 6.07) is 4.54. The summed E-state index contributed by atoms with van der Waals surface area (Å²) in [5, 5.41) is 18.5. The van der Waals surface area contributed by atoms with E-state index in [1.54, 1.807) is 0 Å². The zero-order valence-corrected chi connectivity index (χ0v) is 10.6. The number of halogens is 1. The van der Waals surface area contributed by atoms with Crippen LogP contribution in [0.5, 0.6) is 0 Å². The van der Waals surface area contributed by atoms with Crippen molar-refractivity contribution in [1.82, 2.24) is 4.90 Å². The van der Waals surface area contributed by atoms with E-state index in [2.05, 4.69) is 0 Å². The number of benzene rings is 1. The molecule has 0 spiro atoms. The van der Waals surface area contributed by atoms with E-state index in [1.807, 2.05) is 0 Å². The van der Waals surface area contributed by atoms with Gasteiger partial charge in [0, 0.05) is 19.0 Å². The number of nitrogens with zero attached hydrogens (tertiary/aromatic N) is 1. The highest BCUT2D eigenvalue weighted by Gasteiger charge is 2.37. The Morgan fingerprint density at radius 3 is 2.55 bits per heavy atom. The third-order valence-electron chi connectivity index (χ3n) is 3.14. The Bertz CT molecular complexity index is 541. The van der Waals surface area contributed by atoms with E-state index in [0.29, 0.717) is 5.56 Å². The number of aliphatic hydroxyl groups is 1. The number of carboxylic acids is 1. The van der Waals surface area contributed by atoms with Crippen molar-refractivity contribution < 1.29 is 24.2 Å². The second-order valence-corrected chi connectivity index (χ2v) is 4.62. The maximum absolute atomic E-state index is 12.7. The van der Waals surface area contributed by atoms with Gasteiger partial charge in [-0.25, -0.2) is 9.18 Å². The number of carboxylic acid groups (broad SMARTS) is 1. The quantitative estimate of drug-likeness (QED) is 0.805. The Balaban J connectivity index is 2.07. The number of aliphatic hydroxyl groups excluding tert-OH is 1. The normalized spacial score (nSPS) is 22.4. The summed E-state index contributed by atoms with van der Waals surface area (Å²) in [5.41, 5.74) is 0.631. The minimum atomic E-state index is -1.13. The first-order valence-electron chi connectivity index (χ1n) is 6.12. The molecular formula is C14H14FNO4. The maximum Gasteiger partial charge on any atom is 0.326 e. The van der Waals surface area contributed by atoms with Crippen LogP contribution in [0.1, 0.15) is 12.0 Å². The Labute approximate surface area is 114 Å². The Kier molecular flexibility index (Phi) is 4.14. The number of hydrogen-bond acceptors (Lipinski definition) is 3. The van der Waals surface area contributed by atoms with Crippen LogP contribution in [0.2, 0.25) is 0 Å². The van der Waals surface area contributed by atoms with Crippen LogP contribution in [0.25, 0.3) is 6.08 Å². The van der Waals surface area contributed by atoms with E-state index < -0.39 is 24.0 Å². The molecule has 1 saturated heterocycles. The molecule has 2 rings (SSSR count). The van der Waals surface area contributed by atoms with Crippen LogP contribution in [0.4, 0.5) is 4.39 Å². The van der Waals surface area contributed by atoms with Crippen LogP contribution < -0.4 is 0 Å².